The normalized spacial score (nSPS) is 10.7. The van der Waals surface area contributed by atoms with Gasteiger partial charge in [0.1, 0.15) is 5.69 Å². The van der Waals surface area contributed by atoms with Gasteiger partial charge in [0.2, 0.25) is 0 Å². The molecular formula is C18H19ClN4. The molecule has 0 saturated carbocycles. The zero-order valence-corrected chi connectivity index (χ0v) is 14.1. The summed E-state index contributed by atoms with van der Waals surface area (Å²) >= 11 is 6.08. The van der Waals surface area contributed by atoms with Crippen molar-refractivity contribution in [2.45, 2.75) is 20.3 Å². The lowest BCUT2D eigenvalue weighted by atomic mass is 10.1. The van der Waals surface area contributed by atoms with Gasteiger partial charge in [0.05, 0.1) is 23.2 Å². The molecule has 2 aromatic rings. The summed E-state index contributed by atoms with van der Waals surface area (Å²) < 4.78 is 0. The first kappa shape index (κ1) is 17.0. The minimum absolute atomic E-state index is 0.515. The van der Waals surface area contributed by atoms with Crippen LogP contribution in [0.15, 0.2) is 52.7 Å². The summed E-state index contributed by atoms with van der Waals surface area (Å²) in [6.45, 7) is 5.68. The first-order chi connectivity index (χ1) is 11.2. The zero-order chi connectivity index (χ0) is 16.7. The average Bonchev–Trinajstić information content (AvgIpc) is 2.56. The lowest BCUT2D eigenvalue weighted by Gasteiger charge is -2.22. The van der Waals surface area contributed by atoms with Crippen LogP contribution < -0.4 is 4.90 Å². The zero-order valence-electron chi connectivity index (χ0n) is 13.3. The number of benzene rings is 2. The van der Waals surface area contributed by atoms with Gasteiger partial charge in [0.25, 0.3) is 0 Å². The van der Waals surface area contributed by atoms with Crippen molar-refractivity contribution >= 4 is 28.7 Å². The summed E-state index contributed by atoms with van der Waals surface area (Å²) in [6.07, 6.45) is 0.515. The molecule has 0 unspecified atom stereocenters. The van der Waals surface area contributed by atoms with E-state index in [4.69, 9.17) is 16.9 Å². The van der Waals surface area contributed by atoms with Crippen LogP contribution in [0, 0.1) is 18.3 Å². The molecule has 4 nitrogen and oxygen atoms in total. The summed E-state index contributed by atoms with van der Waals surface area (Å²) in [5, 5.41) is 17.8. The van der Waals surface area contributed by atoms with E-state index in [1.165, 1.54) is 0 Å². The Kier molecular flexibility index (Phi) is 6.13. The number of aryl methyl sites for hydroxylation is 1. The minimum Gasteiger partial charge on any atom is -0.371 e. The minimum atomic E-state index is 0.515. The van der Waals surface area contributed by atoms with Gasteiger partial charge in [-0.2, -0.15) is 10.4 Å². The van der Waals surface area contributed by atoms with Gasteiger partial charge in [0.15, 0.2) is 0 Å². The van der Waals surface area contributed by atoms with Crippen molar-refractivity contribution in [2.24, 2.45) is 10.2 Å². The van der Waals surface area contributed by atoms with E-state index < -0.39 is 0 Å². The Bertz CT molecular complexity index is 734. The van der Waals surface area contributed by atoms with Gasteiger partial charge in [-0.3, -0.25) is 0 Å². The van der Waals surface area contributed by atoms with Gasteiger partial charge in [-0.25, -0.2) is 0 Å². The Morgan fingerprint density at radius 1 is 1.13 bits per heavy atom. The van der Waals surface area contributed by atoms with Gasteiger partial charge in [-0.05, 0) is 49.7 Å². The van der Waals surface area contributed by atoms with Gasteiger partial charge in [-0.1, -0.05) is 23.7 Å². The van der Waals surface area contributed by atoms with E-state index >= 15 is 0 Å². The SMILES string of the molecule is CCN(CCC#N)c1ccc(N=Nc2ccccc2Cl)c(C)c1. The van der Waals surface area contributed by atoms with E-state index in [-0.39, 0.29) is 0 Å². The topological polar surface area (TPSA) is 51.8 Å². The largest absolute Gasteiger partial charge is 0.371 e. The van der Waals surface area contributed by atoms with Crippen LogP contribution in [0.25, 0.3) is 0 Å². The summed E-state index contributed by atoms with van der Waals surface area (Å²) in [5.74, 6) is 0. The molecule has 0 amide bonds. The molecule has 0 spiro atoms. The Morgan fingerprint density at radius 3 is 2.52 bits per heavy atom. The Morgan fingerprint density at radius 2 is 1.87 bits per heavy atom. The quantitative estimate of drug-likeness (QED) is 0.629. The van der Waals surface area contributed by atoms with E-state index in [1.807, 2.05) is 37.3 Å². The molecule has 0 N–H and O–H groups in total. The Hall–Kier alpha value is -2.38. The maximum Gasteiger partial charge on any atom is 0.104 e. The maximum absolute atomic E-state index is 8.74. The van der Waals surface area contributed by atoms with Gasteiger partial charge in [0, 0.05) is 18.8 Å². The second kappa shape index (κ2) is 8.30. The molecule has 2 rings (SSSR count). The maximum atomic E-state index is 8.74. The Balaban J connectivity index is 2.19. The molecule has 0 radical (unpaired) electrons. The third-order valence-corrected chi connectivity index (χ3v) is 3.86. The van der Waals surface area contributed by atoms with E-state index in [0.717, 1.165) is 30.0 Å². The molecule has 0 aliphatic rings. The van der Waals surface area contributed by atoms with Gasteiger partial charge < -0.3 is 4.90 Å². The molecule has 0 fully saturated rings. The number of rotatable bonds is 6. The standard InChI is InChI=1S/C18H19ClN4/c1-3-23(12-6-11-20)15-9-10-17(14(2)13-15)21-22-18-8-5-4-7-16(18)19/h4-5,7-10,13H,3,6,12H2,1-2H3. The first-order valence-corrected chi connectivity index (χ1v) is 7.92. The summed E-state index contributed by atoms with van der Waals surface area (Å²) in [6, 6.07) is 15.6. The first-order valence-electron chi connectivity index (χ1n) is 7.54. The van der Waals surface area contributed by atoms with Crippen molar-refractivity contribution < 1.29 is 0 Å². The summed E-state index contributed by atoms with van der Waals surface area (Å²) in [5.41, 5.74) is 3.59. The number of anilines is 1. The fourth-order valence-electron chi connectivity index (χ4n) is 2.24. The second-order valence-electron chi connectivity index (χ2n) is 5.11. The summed E-state index contributed by atoms with van der Waals surface area (Å²) in [7, 11) is 0. The number of hydrogen-bond acceptors (Lipinski definition) is 4. The lowest BCUT2D eigenvalue weighted by molar-refractivity contribution is 0.826. The molecule has 118 valence electrons. The van der Waals surface area contributed by atoms with Crippen molar-refractivity contribution in [3.05, 3.63) is 53.1 Å². The number of halogens is 1. The molecule has 5 heteroatoms. The number of azo groups is 1. The van der Waals surface area contributed by atoms with Crippen molar-refractivity contribution in [3.8, 4) is 6.07 Å². The van der Waals surface area contributed by atoms with Gasteiger partial charge >= 0.3 is 0 Å². The van der Waals surface area contributed by atoms with Crippen LogP contribution in [-0.4, -0.2) is 13.1 Å². The highest BCUT2D eigenvalue weighted by atomic mass is 35.5. The number of nitrogens with zero attached hydrogens (tertiary/aromatic N) is 4. The van der Waals surface area contributed by atoms with Crippen LogP contribution >= 0.6 is 11.6 Å². The van der Waals surface area contributed by atoms with Crippen LogP contribution in [0.1, 0.15) is 18.9 Å². The molecular weight excluding hydrogens is 308 g/mol. The molecule has 0 bridgehead atoms. The number of hydrogen-bond donors (Lipinski definition) is 0. The van der Waals surface area contributed by atoms with E-state index in [0.29, 0.717) is 17.1 Å². The predicted octanol–water partition coefficient (Wildman–Crippen LogP) is 5.80. The molecule has 0 heterocycles. The van der Waals surface area contributed by atoms with Crippen LogP contribution in [0.3, 0.4) is 0 Å². The molecule has 2 aromatic carbocycles. The molecule has 0 aliphatic carbocycles. The smallest absolute Gasteiger partial charge is 0.104 e. The van der Waals surface area contributed by atoms with E-state index in [1.54, 1.807) is 6.07 Å². The molecule has 0 atom stereocenters. The van der Waals surface area contributed by atoms with Crippen molar-refractivity contribution in [1.82, 2.24) is 0 Å². The van der Waals surface area contributed by atoms with Crippen LogP contribution in [-0.2, 0) is 0 Å². The molecule has 23 heavy (non-hydrogen) atoms. The van der Waals surface area contributed by atoms with Crippen molar-refractivity contribution in [3.63, 3.8) is 0 Å². The van der Waals surface area contributed by atoms with Crippen molar-refractivity contribution in [1.29, 1.82) is 5.26 Å². The van der Waals surface area contributed by atoms with Gasteiger partial charge in [-0.15, -0.1) is 5.11 Å². The fraction of sp³-hybridized carbons (Fsp3) is 0.278. The van der Waals surface area contributed by atoms with Crippen LogP contribution in [0.4, 0.5) is 17.1 Å². The highest BCUT2D eigenvalue weighted by molar-refractivity contribution is 6.32. The van der Waals surface area contributed by atoms with E-state index in [2.05, 4.69) is 34.2 Å². The second-order valence-corrected chi connectivity index (χ2v) is 5.52. The van der Waals surface area contributed by atoms with Crippen LogP contribution in [0.2, 0.25) is 5.02 Å². The Labute approximate surface area is 142 Å². The molecule has 0 aliphatic heterocycles. The fourth-order valence-corrected chi connectivity index (χ4v) is 2.42. The van der Waals surface area contributed by atoms with E-state index in [9.17, 15) is 0 Å². The average molecular weight is 327 g/mol. The molecule has 0 aromatic heterocycles. The molecule has 0 saturated heterocycles. The predicted molar refractivity (Wildman–Crippen MR) is 94.9 cm³/mol. The summed E-state index contributed by atoms with van der Waals surface area (Å²) in [4.78, 5) is 2.17. The highest BCUT2D eigenvalue weighted by Crippen LogP contribution is 2.29. The van der Waals surface area contributed by atoms with Crippen LogP contribution in [0.5, 0.6) is 0 Å². The lowest BCUT2D eigenvalue weighted by Crippen LogP contribution is -2.23. The monoisotopic (exact) mass is 326 g/mol. The third kappa shape index (κ3) is 4.54. The third-order valence-electron chi connectivity index (χ3n) is 3.54. The number of nitriles is 1. The highest BCUT2D eigenvalue weighted by Gasteiger charge is 2.06. The van der Waals surface area contributed by atoms with Crippen molar-refractivity contribution in [2.75, 3.05) is 18.0 Å².